The Balaban J connectivity index is 1.53. The van der Waals surface area contributed by atoms with E-state index in [0.717, 1.165) is 29.3 Å². The molecule has 0 unspecified atom stereocenters. The van der Waals surface area contributed by atoms with Crippen molar-refractivity contribution < 1.29 is 4.79 Å². The maximum absolute atomic E-state index is 13.7. The van der Waals surface area contributed by atoms with Crippen LogP contribution >= 0.6 is 11.8 Å². The summed E-state index contributed by atoms with van der Waals surface area (Å²) in [7, 11) is 0. The Morgan fingerprint density at radius 3 is 2.66 bits per heavy atom. The van der Waals surface area contributed by atoms with E-state index in [9.17, 15) is 4.79 Å². The van der Waals surface area contributed by atoms with Gasteiger partial charge in [-0.3, -0.25) is 4.79 Å². The summed E-state index contributed by atoms with van der Waals surface area (Å²) in [5.41, 5.74) is 2.61. The fraction of sp³-hybridized carbons (Fsp3) is 0.273. The van der Waals surface area contributed by atoms with E-state index in [-0.39, 0.29) is 5.78 Å². The highest BCUT2D eigenvalue weighted by molar-refractivity contribution is 8.00. The normalized spacial score (nSPS) is 15.7. The number of fused-ring (bicyclic) bond motifs is 1. The van der Waals surface area contributed by atoms with Crippen molar-refractivity contribution in [2.45, 2.75) is 42.1 Å². The van der Waals surface area contributed by atoms with Gasteiger partial charge in [0, 0.05) is 22.7 Å². The van der Waals surface area contributed by atoms with Crippen molar-refractivity contribution in [1.29, 1.82) is 0 Å². The number of nitrogens with one attached hydrogen (secondary N) is 1. The zero-order valence-electron chi connectivity index (χ0n) is 15.9. The molecule has 1 fully saturated rings. The summed E-state index contributed by atoms with van der Waals surface area (Å²) in [5, 5.41) is 13.6. The number of carbonyl (C=O) groups excluding carboxylic acids is 1. The van der Waals surface area contributed by atoms with Crippen molar-refractivity contribution in [1.82, 2.24) is 25.2 Å². The monoisotopic (exact) mass is 403 g/mol. The molecule has 5 rings (SSSR count). The molecule has 29 heavy (non-hydrogen) atoms. The van der Waals surface area contributed by atoms with Gasteiger partial charge in [-0.15, -0.1) is 5.10 Å². The lowest BCUT2D eigenvalue weighted by Gasteiger charge is -2.17. The molecule has 1 saturated carbocycles. The van der Waals surface area contributed by atoms with Crippen LogP contribution in [-0.2, 0) is 0 Å². The van der Waals surface area contributed by atoms with Gasteiger partial charge in [0.15, 0.2) is 5.78 Å². The number of benzene rings is 2. The summed E-state index contributed by atoms with van der Waals surface area (Å²) in [4.78, 5) is 16.9. The average Bonchev–Trinajstić information content (AvgIpc) is 3.52. The highest BCUT2D eigenvalue weighted by atomic mass is 32.2. The quantitative estimate of drug-likeness (QED) is 0.363. The number of nitrogens with zero attached hydrogens (tertiary/aromatic N) is 4. The van der Waals surface area contributed by atoms with Gasteiger partial charge >= 0.3 is 0 Å². The number of Topliss-reactive ketones (excluding diaryl/α,β-unsaturated/α-hetero) is 1. The molecular weight excluding hydrogens is 382 g/mol. The molecule has 0 saturated heterocycles. The molecule has 0 radical (unpaired) electrons. The maximum atomic E-state index is 13.7. The first kappa shape index (κ1) is 18.1. The second-order valence-electron chi connectivity index (χ2n) is 7.37. The summed E-state index contributed by atoms with van der Waals surface area (Å²) in [6.45, 7) is 0. The van der Waals surface area contributed by atoms with Crippen LogP contribution in [0, 0.1) is 0 Å². The van der Waals surface area contributed by atoms with Crippen molar-refractivity contribution in [2.24, 2.45) is 0 Å². The summed E-state index contributed by atoms with van der Waals surface area (Å²) in [5.74, 6) is 0.0552. The number of rotatable bonds is 6. The lowest BCUT2D eigenvalue weighted by Crippen LogP contribution is -2.13. The SMILES string of the molecule is O=C(c1c[nH]c2ccccc12)[C@H](Sc1nnnn1C1CCCC1)c1ccccc1. The van der Waals surface area contributed by atoms with Crippen LogP contribution < -0.4 is 0 Å². The van der Waals surface area contributed by atoms with Crippen molar-refractivity contribution in [3.05, 3.63) is 71.9 Å². The van der Waals surface area contributed by atoms with Crippen LogP contribution in [-0.4, -0.2) is 31.0 Å². The smallest absolute Gasteiger partial charge is 0.210 e. The molecule has 0 amide bonds. The molecule has 1 atom stereocenters. The van der Waals surface area contributed by atoms with Gasteiger partial charge in [-0.1, -0.05) is 73.1 Å². The van der Waals surface area contributed by atoms with Gasteiger partial charge in [0.25, 0.3) is 0 Å². The molecule has 7 heteroatoms. The standard InChI is InChI=1S/C22H21N5OS/c28-20(18-14-23-19-13-7-6-12-17(18)19)21(15-8-2-1-3-9-15)29-22-24-25-26-27(22)16-10-4-5-11-16/h1-3,6-9,12-14,16,21,23H,4-5,10-11H2/t21-/m1/s1. The molecule has 1 aliphatic carbocycles. The summed E-state index contributed by atoms with van der Waals surface area (Å²) >= 11 is 1.44. The van der Waals surface area contributed by atoms with Crippen LogP contribution in [0.25, 0.3) is 10.9 Å². The van der Waals surface area contributed by atoms with Gasteiger partial charge in [0.1, 0.15) is 5.25 Å². The Morgan fingerprint density at radius 2 is 1.83 bits per heavy atom. The number of para-hydroxylation sites is 1. The van der Waals surface area contributed by atoms with Crippen LogP contribution in [0.4, 0.5) is 0 Å². The van der Waals surface area contributed by atoms with Crippen LogP contribution in [0.1, 0.15) is 52.9 Å². The molecule has 4 aromatic rings. The van der Waals surface area contributed by atoms with E-state index in [2.05, 4.69) is 20.5 Å². The fourth-order valence-corrected chi connectivity index (χ4v) is 5.18. The minimum atomic E-state index is -0.415. The van der Waals surface area contributed by atoms with Gasteiger partial charge < -0.3 is 4.98 Å². The number of hydrogen-bond donors (Lipinski definition) is 1. The van der Waals surface area contributed by atoms with E-state index in [4.69, 9.17) is 0 Å². The van der Waals surface area contributed by atoms with Crippen molar-refractivity contribution in [2.75, 3.05) is 0 Å². The van der Waals surface area contributed by atoms with Crippen LogP contribution in [0.15, 0.2) is 66.0 Å². The zero-order valence-corrected chi connectivity index (χ0v) is 16.7. The minimum Gasteiger partial charge on any atom is -0.360 e. The number of hydrogen-bond acceptors (Lipinski definition) is 5. The molecule has 146 valence electrons. The van der Waals surface area contributed by atoms with Crippen molar-refractivity contribution in [3.8, 4) is 0 Å². The number of aromatic amines is 1. The van der Waals surface area contributed by atoms with Crippen LogP contribution in [0.3, 0.4) is 0 Å². The predicted octanol–water partition coefficient (Wildman–Crippen LogP) is 4.99. The lowest BCUT2D eigenvalue weighted by atomic mass is 10.0. The van der Waals surface area contributed by atoms with Gasteiger partial charge in [-0.25, -0.2) is 4.68 Å². The summed E-state index contributed by atoms with van der Waals surface area (Å²) in [6.07, 6.45) is 6.38. The molecule has 0 aliphatic heterocycles. The molecule has 2 heterocycles. The molecule has 0 bridgehead atoms. The number of tetrazole rings is 1. The molecule has 6 nitrogen and oxygen atoms in total. The van der Waals surface area contributed by atoms with Crippen LogP contribution in [0.5, 0.6) is 0 Å². The van der Waals surface area contributed by atoms with Crippen LogP contribution in [0.2, 0.25) is 0 Å². The Hall–Kier alpha value is -2.93. The topological polar surface area (TPSA) is 76.5 Å². The zero-order chi connectivity index (χ0) is 19.6. The Morgan fingerprint density at radius 1 is 1.07 bits per heavy atom. The third kappa shape index (κ3) is 3.46. The Labute approximate surface area is 172 Å². The molecule has 1 aliphatic rings. The van der Waals surface area contributed by atoms with E-state index in [1.54, 1.807) is 0 Å². The number of thioether (sulfide) groups is 1. The second kappa shape index (κ2) is 7.83. The lowest BCUT2D eigenvalue weighted by molar-refractivity contribution is 0.0991. The van der Waals surface area contributed by atoms with E-state index in [1.165, 1.54) is 24.6 Å². The minimum absolute atomic E-state index is 0.0552. The molecular formula is C22H21N5OS. The van der Waals surface area contributed by atoms with Gasteiger partial charge in [0.2, 0.25) is 5.16 Å². The first-order valence-electron chi connectivity index (χ1n) is 9.91. The van der Waals surface area contributed by atoms with E-state index < -0.39 is 5.25 Å². The van der Waals surface area contributed by atoms with Crippen molar-refractivity contribution >= 4 is 28.4 Å². The highest BCUT2D eigenvalue weighted by Crippen LogP contribution is 2.40. The average molecular weight is 404 g/mol. The number of carbonyl (C=O) groups is 1. The first-order chi connectivity index (χ1) is 14.3. The second-order valence-corrected chi connectivity index (χ2v) is 8.44. The molecule has 2 aromatic carbocycles. The number of ketones is 1. The Kier molecular flexibility index (Phi) is 4.89. The van der Waals surface area contributed by atoms with Gasteiger partial charge in [-0.05, 0) is 34.9 Å². The molecule has 1 N–H and O–H groups in total. The van der Waals surface area contributed by atoms with Gasteiger partial charge in [-0.2, -0.15) is 0 Å². The first-order valence-corrected chi connectivity index (χ1v) is 10.8. The Bertz CT molecular complexity index is 1130. The third-order valence-corrected chi connectivity index (χ3v) is 6.75. The largest absolute Gasteiger partial charge is 0.360 e. The highest BCUT2D eigenvalue weighted by Gasteiger charge is 2.29. The van der Waals surface area contributed by atoms with Crippen molar-refractivity contribution in [3.63, 3.8) is 0 Å². The molecule has 0 spiro atoms. The maximum Gasteiger partial charge on any atom is 0.210 e. The van der Waals surface area contributed by atoms with E-state index in [0.29, 0.717) is 16.8 Å². The summed E-state index contributed by atoms with van der Waals surface area (Å²) < 4.78 is 1.91. The predicted molar refractivity (Wildman–Crippen MR) is 113 cm³/mol. The molecule has 2 aromatic heterocycles. The van der Waals surface area contributed by atoms with E-state index in [1.807, 2.05) is 65.5 Å². The summed E-state index contributed by atoms with van der Waals surface area (Å²) in [6, 6.07) is 18.1. The fourth-order valence-electron chi connectivity index (χ4n) is 4.06. The van der Waals surface area contributed by atoms with E-state index >= 15 is 0 Å². The number of aromatic nitrogens is 5. The number of H-pyrrole nitrogens is 1. The van der Waals surface area contributed by atoms with Gasteiger partial charge in [0.05, 0.1) is 6.04 Å². The third-order valence-electron chi connectivity index (χ3n) is 5.55.